The van der Waals surface area contributed by atoms with E-state index in [1.165, 1.54) is 18.2 Å². The van der Waals surface area contributed by atoms with Gasteiger partial charge in [0.1, 0.15) is 5.82 Å². The quantitative estimate of drug-likeness (QED) is 0.813. The maximum Gasteiger partial charge on any atom is 0.313 e. The second-order valence-corrected chi connectivity index (χ2v) is 7.12. The number of hydrogen-bond acceptors (Lipinski definition) is 4. The summed E-state index contributed by atoms with van der Waals surface area (Å²) in [5.74, 6) is 1.11. The highest BCUT2D eigenvalue weighted by atomic mass is 32.2. The maximum absolute atomic E-state index is 10.7. The van der Waals surface area contributed by atoms with E-state index in [0.717, 1.165) is 17.5 Å². The molecule has 0 saturated heterocycles. The van der Waals surface area contributed by atoms with Crippen LogP contribution >= 0.6 is 11.8 Å². The van der Waals surface area contributed by atoms with Crippen LogP contribution in [-0.4, -0.2) is 31.6 Å². The third kappa shape index (κ3) is 3.29. The number of aromatic nitrogens is 3. The van der Waals surface area contributed by atoms with E-state index in [1.807, 2.05) is 0 Å². The van der Waals surface area contributed by atoms with Gasteiger partial charge in [-0.25, -0.2) is 0 Å². The number of rotatable bonds is 6. The lowest BCUT2D eigenvalue weighted by atomic mass is 10.1. The molecule has 1 aromatic heterocycles. The molecule has 0 bridgehead atoms. The first kappa shape index (κ1) is 14.4. The van der Waals surface area contributed by atoms with Gasteiger partial charge in [-0.15, -0.1) is 10.2 Å². The van der Waals surface area contributed by atoms with Gasteiger partial charge >= 0.3 is 5.97 Å². The summed E-state index contributed by atoms with van der Waals surface area (Å²) < 4.78 is 2.11. The molecule has 1 aliphatic carbocycles. The SMILES string of the molecule is CC(C)c1nnc(SCC(=O)O)n1CC1CC1(C)C. The van der Waals surface area contributed by atoms with Crippen LogP contribution in [0.1, 0.15) is 45.9 Å². The van der Waals surface area contributed by atoms with Gasteiger partial charge in [-0.1, -0.05) is 39.5 Å². The molecular weight excluding hydrogens is 262 g/mol. The van der Waals surface area contributed by atoms with Crippen LogP contribution in [0.2, 0.25) is 0 Å². The lowest BCUT2D eigenvalue weighted by molar-refractivity contribution is -0.133. The molecule has 106 valence electrons. The number of hydrogen-bond donors (Lipinski definition) is 1. The number of carbonyl (C=O) groups is 1. The van der Waals surface area contributed by atoms with Crippen LogP contribution in [0.15, 0.2) is 5.16 Å². The highest BCUT2D eigenvalue weighted by Crippen LogP contribution is 2.52. The van der Waals surface area contributed by atoms with E-state index in [-0.39, 0.29) is 5.75 Å². The average Bonchev–Trinajstić information content (AvgIpc) is 2.71. The molecule has 5 nitrogen and oxygen atoms in total. The molecule has 1 unspecified atom stereocenters. The maximum atomic E-state index is 10.7. The average molecular weight is 283 g/mol. The Morgan fingerprint density at radius 2 is 2.16 bits per heavy atom. The van der Waals surface area contributed by atoms with E-state index in [0.29, 0.717) is 17.3 Å². The third-order valence-corrected chi connectivity index (χ3v) is 4.66. The second-order valence-electron chi connectivity index (χ2n) is 6.18. The van der Waals surface area contributed by atoms with Crippen molar-refractivity contribution in [2.24, 2.45) is 11.3 Å². The van der Waals surface area contributed by atoms with Crippen molar-refractivity contribution in [2.75, 3.05) is 5.75 Å². The van der Waals surface area contributed by atoms with Crippen molar-refractivity contribution in [3.63, 3.8) is 0 Å². The lowest BCUT2D eigenvalue weighted by Crippen LogP contribution is -2.11. The van der Waals surface area contributed by atoms with Crippen molar-refractivity contribution in [3.8, 4) is 0 Å². The summed E-state index contributed by atoms with van der Waals surface area (Å²) in [7, 11) is 0. The summed E-state index contributed by atoms with van der Waals surface area (Å²) in [5.41, 5.74) is 0.396. The van der Waals surface area contributed by atoms with Gasteiger partial charge in [-0.05, 0) is 17.8 Å². The third-order valence-electron chi connectivity index (χ3n) is 3.71. The zero-order valence-electron chi connectivity index (χ0n) is 11.9. The Kier molecular flexibility index (Phi) is 3.90. The van der Waals surface area contributed by atoms with E-state index in [1.54, 1.807) is 0 Å². The summed E-state index contributed by atoms with van der Waals surface area (Å²) >= 11 is 1.25. The van der Waals surface area contributed by atoms with Crippen molar-refractivity contribution in [1.29, 1.82) is 0 Å². The first-order valence-corrected chi connectivity index (χ1v) is 7.57. The predicted octanol–water partition coefficient (Wildman–Crippen LogP) is 2.62. The van der Waals surface area contributed by atoms with Crippen molar-refractivity contribution < 1.29 is 9.90 Å². The highest BCUT2D eigenvalue weighted by molar-refractivity contribution is 7.99. The van der Waals surface area contributed by atoms with Crippen LogP contribution < -0.4 is 0 Å². The number of aliphatic carboxylic acids is 1. The highest BCUT2D eigenvalue weighted by Gasteiger charge is 2.46. The molecule has 19 heavy (non-hydrogen) atoms. The Morgan fingerprint density at radius 1 is 1.53 bits per heavy atom. The molecule has 0 aliphatic heterocycles. The minimum atomic E-state index is -0.822. The molecule has 1 fully saturated rings. The van der Waals surface area contributed by atoms with Gasteiger partial charge in [0.05, 0.1) is 5.75 Å². The largest absolute Gasteiger partial charge is 0.481 e. The van der Waals surface area contributed by atoms with Gasteiger partial charge in [-0.3, -0.25) is 4.79 Å². The Labute approximate surface area is 117 Å². The van der Waals surface area contributed by atoms with E-state index in [9.17, 15) is 4.79 Å². The minimum Gasteiger partial charge on any atom is -0.481 e. The summed E-state index contributed by atoms with van der Waals surface area (Å²) in [4.78, 5) is 10.7. The standard InChI is InChI=1S/C13H21N3O2S/c1-8(2)11-14-15-12(19-7-10(17)18)16(11)6-9-5-13(9,3)4/h8-9H,5-7H2,1-4H3,(H,17,18). The monoisotopic (exact) mass is 283 g/mol. The Bertz CT molecular complexity index is 482. The molecule has 0 radical (unpaired) electrons. The molecule has 0 amide bonds. The number of carboxylic acids is 1. The predicted molar refractivity (Wildman–Crippen MR) is 74.4 cm³/mol. The van der Waals surface area contributed by atoms with Gasteiger partial charge < -0.3 is 9.67 Å². The Hall–Kier alpha value is -1.04. The normalized spacial score (nSPS) is 20.8. The van der Waals surface area contributed by atoms with Gasteiger partial charge in [-0.2, -0.15) is 0 Å². The van der Waals surface area contributed by atoms with E-state index >= 15 is 0 Å². The fourth-order valence-electron chi connectivity index (χ4n) is 2.24. The van der Waals surface area contributed by atoms with Gasteiger partial charge in [0, 0.05) is 12.5 Å². The zero-order valence-corrected chi connectivity index (χ0v) is 12.7. The molecule has 2 rings (SSSR count). The summed E-state index contributed by atoms with van der Waals surface area (Å²) in [6.45, 7) is 9.60. The van der Waals surface area contributed by atoms with Gasteiger partial charge in [0.2, 0.25) is 0 Å². The number of thioether (sulfide) groups is 1. The topological polar surface area (TPSA) is 68.0 Å². The molecule has 1 aliphatic rings. The number of nitrogens with zero attached hydrogens (tertiary/aromatic N) is 3. The first-order chi connectivity index (χ1) is 8.81. The molecule has 0 spiro atoms. The van der Waals surface area contributed by atoms with Crippen molar-refractivity contribution in [2.45, 2.75) is 51.7 Å². The van der Waals surface area contributed by atoms with Crippen LogP contribution in [0.25, 0.3) is 0 Å². The molecule has 1 saturated carbocycles. The van der Waals surface area contributed by atoms with Crippen LogP contribution in [0.5, 0.6) is 0 Å². The van der Waals surface area contributed by atoms with Crippen LogP contribution in [0.4, 0.5) is 0 Å². The molecule has 1 heterocycles. The van der Waals surface area contributed by atoms with E-state index < -0.39 is 5.97 Å². The Morgan fingerprint density at radius 3 is 2.63 bits per heavy atom. The Balaban J connectivity index is 2.16. The fourth-order valence-corrected chi connectivity index (χ4v) is 2.92. The second kappa shape index (κ2) is 5.15. The van der Waals surface area contributed by atoms with E-state index in [4.69, 9.17) is 5.11 Å². The van der Waals surface area contributed by atoms with Gasteiger partial charge in [0.15, 0.2) is 5.16 Å². The van der Waals surface area contributed by atoms with Crippen molar-refractivity contribution in [3.05, 3.63) is 5.82 Å². The molecular formula is C13H21N3O2S. The zero-order chi connectivity index (χ0) is 14.2. The molecule has 1 atom stereocenters. The van der Waals surface area contributed by atoms with Crippen molar-refractivity contribution >= 4 is 17.7 Å². The van der Waals surface area contributed by atoms with E-state index in [2.05, 4.69) is 42.5 Å². The summed E-state index contributed by atoms with van der Waals surface area (Å²) in [5, 5.41) is 17.9. The summed E-state index contributed by atoms with van der Waals surface area (Å²) in [6, 6.07) is 0. The van der Waals surface area contributed by atoms with Crippen LogP contribution in [0, 0.1) is 11.3 Å². The fraction of sp³-hybridized carbons (Fsp3) is 0.769. The first-order valence-electron chi connectivity index (χ1n) is 6.59. The minimum absolute atomic E-state index is 0.0320. The van der Waals surface area contributed by atoms with Crippen LogP contribution in [0.3, 0.4) is 0 Å². The van der Waals surface area contributed by atoms with Gasteiger partial charge in [0.25, 0.3) is 0 Å². The lowest BCUT2D eigenvalue weighted by Gasteiger charge is -2.12. The van der Waals surface area contributed by atoms with Crippen LogP contribution in [-0.2, 0) is 11.3 Å². The summed E-state index contributed by atoms with van der Waals surface area (Å²) in [6.07, 6.45) is 1.21. The molecule has 1 aromatic rings. The number of carboxylic acid groups (broad SMARTS) is 1. The molecule has 1 N–H and O–H groups in total. The van der Waals surface area contributed by atoms with Crippen molar-refractivity contribution in [1.82, 2.24) is 14.8 Å². The smallest absolute Gasteiger partial charge is 0.313 e. The molecule has 6 heteroatoms. The molecule has 0 aromatic carbocycles.